The van der Waals surface area contributed by atoms with Crippen LogP contribution in [0.3, 0.4) is 0 Å². The molecule has 8 heteroatoms. The summed E-state index contributed by atoms with van der Waals surface area (Å²) in [6, 6.07) is 9.06. The molecule has 0 fully saturated rings. The summed E-state index contributed by atoms with van der Waals surface area (Å²) in [4.78, 5) is 20.7. The van der Waals surface area contributed by atoms with Crippen LogP contribution in [-0.4, -0.2) is 31.8 Å². The van der Waals surface area contributed by atoms with Gasteiger partial charge in [0.2, 0.25) is 0 Å². The fraction of sp³-hybridized carbons (Fsp3) is 0.176. The number of benzene rings is 1. The number of rotatable bonds is 4. The molecule has 0 aliphatic carbocycles. The van der Waals surface area contributed by atoms with Crippen molar-refractivity contribution in [3.63, 3.8) is 0 Å². The maximum absolute atomic E-state index is 12.4. The van der Waals surface area contributed by atoms with Gasteiger partial charge in [0.15, 0.2) is 11.9 Å². The molecule has 1 aromatic carbocycles. The van der Waals surface area contributed by atoms with Crippen LogP contribution in [0.4, 0.5) is 0 Å². The van der Waals surface area contributed by atoms with Crippen molar-refractivity contribution in [2.75, 3.05) is 0 Å². The molecule has 0 unspecified atom stereocenters. The molecule has 3 aromatic rings. The summed E-state index contributed by atoms with van der Waals surface area (Å²) in [7, 11) is 0. The number of aromatic nitrogens is 4. The van der Waals surface area contributed by atoms with Crippen molar-refractivity contribution < 1.29 is 9.53 Å². The molecule has 3 heterocycles. The van der Waals surface area contributed by atoms with E-state index < -0.39 is 6.10 Å². The second kappa shape index (κ2) is 6.52. The Morgan fingerprint density at radius 3 is 3.16 bits per heavy atom. The summed E-state index contributed by atoms with van der Waals surface area (Å²) < 4.78 is 7.26. The Kier molecular flexibility index (Phi) is 4.07. The molecular formula is C17H14ClN5O2. The lowest BCUT2D eigenvalue weighted by atomic mass is 10.1. The molecule has 1 N–H and O–H groups in total. The highest BCUT2D eigenvalue weighted by Gasteiger charge is 2.29. The van der Waals surface area contributed by atoms with Crippen molar-refractivity contribution in [1.82, 2.24) is 25.1 Å². The molecule has 1 aliphatic rings. The Labute approximate surface area is 148 Å². The van der Waals surface area contributed by atoms with Gasteiger partial charge >= 0.3 is 0 Å². The lowest BCUT2D eigenvalue weighted by Gasteiger charge is -2.13. The fourth-order valence-corrected chi connectivity index (χ4v) is 2.95. The highest BCUT2D eigenvalue weighted by atomic mass is 35.5. The van der Waals surface area contributed by atoms with Gasteiger partial charge < -0.3 is 10.1 Å². The smallest absolute Gasteiger partial charge is 0.261 e. The van der Waals surface area contributed by atoms with E-state index in [-0.39, 0.29) is 5.91 Å². The van der Waals surface area contributed by atoms with Crippen LogP contribution >= 0.6 is 11.6 Å². The number of hydrogen-bond donors (Lipinski definition) is 1. The molecule has 0 radical (unpaired) electrons. The minimum absolute atomic E-state index is 0.180. The molecule has 1 atom stereocenters. The summed E-state index contributed by atoms with van der Waals surface area (Å²) in [6.07, 6.45) is 4.62. The van der Waals surface area contributed by atoms with Gasteiger partial charge in [0.1, 0.15) is 18.4 Å². The molecule has 4 rings (SSSR count). The monoisotopic (exact) mass is 355 g/mol. The van der Waals surface area contributed by atoms with Crippen LogP contribution in [0.15, 0.2) is 49.2 Å². The number of nitrogens with zero attached hydrogens (tertiary/aromatic N) is 4. The van der Waals surface area contributed by atoms with Gasteiger partial charge in [-0.25, -0.2) is 14.6 Å². The Bertz CT molecular complexity index is 913. The number of hydrogen-bond acceptors (Lipinski definition) is 5. The Balaban J connectivity index is 1.44. The third kappa shape index (κ3) is 3.18. The molecule has 126 valence electrons. The maximum Gasteiger partial charge on any atom is 0.261 e. The number of fused-ring (bicyclic) bond motifs is 1. The van der Waals surface area contributed by atoms with Gasteiger partial charge in [-0.2, -0.15) is 5.10 Å². The van der Waals surface area contributed by atoms with Gasteiger partial charge in [-0.3, -0.25) is 4.79 Å². The molecule has 1 amide bonds. The van der Waals surface area contributed by atoms with Gasteiger partial charge in [-0.15, -0.1) is 0 Å². The molecule has 0 spiro atoms. The van der Waals surface area contributed by atoms with Crippen LogP contribution in [0.2, 0.25) is 5.02 Å². The summed E-state index contributed by atoms with van der Waals surface area (Å²) in [5, 5.41) is 7.61. The van der Waals surface area contributed by atoms with E-state index in [0.29, 0.717) is 29.6 Å². The van der Waals surface area contributed by atoms with Gasteiger partial charge in [-0.1, -0.05) is 17.7 Å². The molecule has 0 saturated carbocycles. The van der Waals surface area contributed by atoms with Crippen molar-refractivity contribution in [2.45, 2.75) is 19.1 Å². The highest BCUT2D eigenvalue weighted by molar-refractivity contribution is 6.30. The van der Waals surface area contributed by atoms with Gasteiger partial charge in [0.25, 0.3) is 5.91 Å². The van der Waals surface area contributed by atoms with Crippen LogP contribution in [0, 0.1) is 0 Å². The summed E-state index contributed by atoms with van der Waals surface area (Å²) in [5.41, 5.74) is 1.78. The average molecular weight is 356 g/mol. The topological polar surface area (TPSA) is 81.9 Å². The zero-order valence-corrected chi connectivity index (χ0v) is 13.8. The minimum Gasteiger partial charge on any atom is -0.480 e. The van der Waals surface area contributed by atoms with Crippen LogP contribution in [0.25, 0.3) is 5.82 Å². The predicted octanol–water partition coefficient (Wildman–Crippen LogP) is 1.94. The first kappa shape index (κ1) is 15.6. The zero-order valence-electron chi connectivity index (χ0n) is 13.1. The number of halogens is 1. The number of ether oxygens (including phenoxy) is 1. The van der Waals surface area contributed by atoms with Crippen molar-refractivity contribution in [2.24, 2.45) is 0 Å². The number of pyridine rings is 1. The summed E-state index contributed by atoms with van der Waals surface area (Å²) >= 11 is 5.98. The van der Waals surface area contributed by atoms with Crippen LogP contribution < -0.4 is 10.1 Å². The number of carbonyl (C=O) groups excluding carboxylic acids is 1. The maximum atomic E-state index is 12.4. The van der Waals surface area contributed by atoms with E-state index in [0.717, 1.165) is 11.1 Å². The second-order valence-electron chi connectivity index (χ2n) is 5.61. The second-order valence-corrected chi connectivity index (χ2v) is 6.04. The van der Waals surface area contributed by atoms with E-state index >= 15 is 0 Å². The normalized spacial score (nSPS) is 15.5. The molecule has 2 aromatic heterocycles. The average Bonchev–Trinajstić information content (AvgIpc) is 3.29. The number of nitrogens with one attached hydrogen (secondary N) is 1. The lowest BCUT2D eigenvalue weighted by molar-refractivity contribution is -0.127. The molecule has 0 bridgehead atoms. The first-order valence-electron chi connectivity index (χ1n) is 7.72. The highest BCUT2D eigenvalue weighted by Crippen LogP contribution is 2.31. The standard InChI is InChI=1S/C17H14ClN5O2/c18-13-3-4-14-12(6-13)7-15(25-14)17(24)21-8-11-2-1-5-20-16(11)23-10-19-9-22-23/h1-6,9-10,15H,7-8H2,(H,21,24)/t15-/m0/s1. The van der Waals surface area contributed by atoms with E-state index in [1.165, 1.54) is 6.33 Å². The van der Waals surface area contributed by atoms with E-state index in [9.17, 15) is 4.79 Å². The number of carbonyl (C=O) groups is 1. The minimum atomic E-state index is -0.556. The Morgan fingerprint density at radius 2 is 2.32 bits per heavy atom. The van der Waals surface area contributed by atoms with E-state index in [1.54, 1.807) is 29.3 Å². The summed E-state index contributed by atoms with van der Waals surface area (Å²) in [6.45, 7) is 0.318. The zero-order chi connectivity index (χ0) is 17.2. The van der Waals surface area contributed by atoms with Gasteiger partial charge in [0.05, 0.1) is 0 Å². The van der Waals surface area contributed by atoms with Crippen LogP contribution in [-0.2, 0) is 17.8 Å². The Hall–Kier alpha value is -2.93. The van der Waals surface area contributed by atoms with Crippen molar-refractivity contribution in [1.29, 1.82) is 0 Å². The van der Waals surface area contributed by atoms with Crippen molar-refractivity contribution >= 4 is 17.5 Å². The lowest BCUT2D eigenvalue weighted by Crippen LogP contribution is -2.37. The van der Waals surface area contributed by atoms with E-state index in [2.05, 4.69) is 20.4 Å². The third-order valence-electron chi connectivity index (χ3n) is 3.95. The summed E-state index contributed by atoms with van der Waals surface area (Å²) in [5.74, 6) is 1.15. The van der Waals surface area contributed by atoms with Gasteiger partial charge in [0, 0.05) is 29.7 Å². The first-order chi connectivity index (χ1) is 12.2. The SMILES string of the molecule is O=C(NCc1cccnc1-n1cncn1)[C@@H]1Cc2cc(Cl)ccc2O1. The Morgan fingerprint density at radius 1 is 1.40 bits per heavy atom. The first-order valence-corrected chi connectivity index (χ1v) is 8.10. The number of amides is 1. The molecule has 1 aliphatic heterocycles. The molecular weight excluding hydrogens is 342 g/mol. The third-order valence-corrected chi connectivity index (χ3v) is 4.18. The fourth-order valence-electron chi connectivity index (χ4n) is 2.75. The van der Waals surface area contributed by atoms with Crippen LogP contribution in [0.5, 0.6) is 5.75 Å². The molecule has 25 heavy (non-hydrogen) atoms. The molecule has 0 saturated heterocycles. The largest absolute Gasteiger partial charge is 0.480 e. The van der Waals surface area contributed by atoms with E-state index in [1.807, 2.05) is 18.2 Å². The quantitative estimate of drug-likeness (QED) is 0.773. The van der Waals surface area contributed by atoms with Crippen LogP contribution in [0.1, 0.15) is 11.1 Å². The predicted molar refractivity (Wildman–Crippen MR) is 90.6 cm³/mol. The van der Waals surface area contributed by atoms with Crippen molar-refractivity contribution in [3.05, 3.63) is 65.3 Å². The van der Waals surface area contributed by atoms with Crippen molar-refractivity contribution in [3.8, 4) is 11.6 Å². The van der Waals surface area contributed by atoms with E-state index in [4.69, 9.17) is 16.3 Å². The molecule has 7 nitrogen and oxygen atoms in total. The van der Waals surface area contributed by atoms with Gasteiger partial charge in [-0.05, 0) is 29.8 Å².